The molecule has 0 aliphatic rings. The Hall–Kier alpha value is -4.18. The molecular weight excluding hydrogens is 572 g/mol. The molecule has 0 unspecified atom stereocenters. The molecule has 0 N–H and O–H groups in total. The summed E-state index contributed by atoms with van der Waals surface area (Å²) in [6, 6.07) is 21.2. The molecule has 0 radical (unpaired) electrons. The van der Waals surface area contributed by atoms with Crippen LogP contribution < -0.4 is 14.2 Å². The molecule has 0 atom stereocenters. The average molecular weight is 612 g/mol. The third-order valence-corrected chi connectivity index (χ3v) is 7.14. The summed E-state index contributed by atoms with van der Waals surface area (Å²) in [5.41, 5.74) is -2.07. The Balaban J connectivity index is 1.93. The van der Waals surface area contributed by atoms with Crippen molar-refractivity contribution in [2.45, 2.75) is 93.8 Å². The van der Waals surface area contributed by atoms with E-state index in [-0.39, 0.29) is 0 Å². The lowest BCUT2D eigenvalue weighted by atomic mass is 10.2. The molecule has 0 spiro atoms. The van der Waals surface area contributed by atoms with Gasteiger partial charge in [0.05, 0.1) is 10.9 Å². The summed E-state index contributed by atoms with van der Waals surface area (Å²) >= 11 is 0. The van der Waals surface area contributed by atoms with Crippen LogP contribution in [0.25, 0.3) is 0 Å². The van der Waals surface area contributed by atoms with E-state index < -0.39 is 46.2 Å². The van der Waals surface area contributed by atoms with E-state index in [1.165, 1.54) is 0 Å². The third-order valence-electron chi connectivity index (χ3n) is 4.93. The SMILES string of the molecule is CC(C)(C)OC(=O)Oc1ccc([S+](c2ccc(OC(=O)OC(C)(C)C)cc2)c2cccc(OC(=O)OC(C)(C)C)c2)cc1. The molecule has 0 saturated heterocycles. The Morgan fingerprint density at radius 3 is 1.16 bits per heavy atom. The van der Waals surface area contributed by atoms with Gasteiger partial charge in [0, 0.05) is 6.07 Å². The predicted molar refractivity (Wildman–Crippen MR) is 162 cm³/mol. The second kappa shape index (κ2) is 13.4. The van der Waals surface area contributed by atoms with Crippen LogP contribution in [0.2, 0.25) is 0 Å². The first-order valence-corrected chi connectivity index (χ1v) is 14.9. The monoisotopic (exact) mass is 611 g/mol. The van der Waals surface area contributed by atoms with Gasteiger partial charge in [0.25, 0.3) is 0 Å². The maximum Gasteiger partial charge on any atom is 0.514 e. The highest BCUT2D eigenvalue weighted by Crippen LogP contribution is 2.35. The van der Waals surface area contributed by atoms with E-state index in [0.717, 1.165) is 14.7 Å². The Kier molecular flexibility index (Phi) is 10.4. The first kappa shape index (κ1) is 33.3. The topological polar surface area (TPSA) is 107 Å². The smallest absolute Gasteiger partial charge is 0.428 e. The van der Waals surface area contributed by atoms with Crippen LogP contribution in [0.15, 0.2) is 87.5 Å². The van der Waals surface area contributed by atoms with Gasteiger partial charge in [0.1, 0.15) is 34.1 Å². The fraction of sp³-hybridized carbons (Fsp3) is 0.364. The molecule has 9 nitrogen and oxygen atoms in total. The van der Waals surface area contributed by atoms with Crippen LogP contribution in [0.5, 0.6) is 17.2 Å². The summed E-state index contributed by atoms with van der Waals surface area (Å²) in [7, 11) is -0.708. The van der Waals surface area contributed by atoms with E-state index in [4.69, 9.17) is 28.4 Å². The van der Waals surface area contributed by atoms with Crippen LogP contribution in [-0.4, -0.2) is 35.3 Å². The molecule has 0 heterocycles. The molecule has 10 heteroatoms. The normalized spacial score (nSPS) is 11.9. The summed E-state index contributed by atoms with van der Waals surface area (Å²) in [4.78, 5) is 39.2. The summed E-state index contributed by atoms with van der Waals surface area (Å²) in [6.07, 6.45) is -2.41. The van der Waals surface area contributed by atoms with Gasteiger partial charge in [-0.1, -0.05) is 6.07 Å². The Morgan fingerprint density at radius 1 is 0.465 bits per heavy atom. The quantitative estimate of drug-likeness (QED) is 0.117. The van der Waals surface area contributed by atoms with Gasteiger partial charge >= 0.3 is 18.5 Å². The lowest BCUT2D eigenvalue weighted by Crippen LogP contribution is -2.26. The van der Waals surface area contributed by atoms with Gasteiger partial charge < -0.3 is 28.4 Å². The van der Waals surface area contributed by atoms with E-state index >= 15 is 0 Å². The maximum atomic E-state index is 12.3. The lowest BCUT2D eigenvalue weighted by Gasteiger charge is -2.19. The lowest BCUT2D eigenvalue weighted by molar-refractivity contribution is 0.0192. The van der Waals surface area contributed by atoms with E-state index in [1.54, 1.807) is 105 Å². The highest BCUT2D eigenvalue weighted by atomic mass is 32.2. The van der Waals surface area contributed by atoms with Crippen molar-refractivity contribution < 1.29 is 42.8 Å². The number of ether oxygens (including phenoxy) is 6. The third kappa shape index (κ3) is 11.5. The molecule has 0 aromatic heterocycles. The number of carbonyl (C=O) groups excluding carboxylic acids is 3. The zero-order valence-corrected chi connectivity index (χ0v) is 26.8. The zero-order valence-electron chi connectivity index (χ0n) is 26.0. The van der Waals surface area contributed by atoms with Crippen molar-refractivity contribution >= 4 is 29.4 Å². The number of rotatable bonds is 6. The molecule has 3 aromatic carbocycles. The maximum absolute atomic E-state index is 12.3. The van der Waals surface area contributed by atoms with Gasteiger partial charge in [-0.15, -0.1) is 0 Å². The van der Waals surface area contributed by atoms with Crippen molar-refractivity contribution in [2.75, 3.05) is 0 Å². The van der Waals surface area contributed by atoms with Crippen LogP contribution in [0.4, 0.5) is 14.4 Å². The molecule has 3 aromatic rings. The van der Waals surface area contributed by atoms with Gasteiger partial charge in [-0.2, -0.15) is 0 Å². The van der Waals surface area contributed by atoms with Crippen molar-refractivity contribution in [3.05, 3.63) is 72.8 Å². The second-order valence-electron chi connectivity index (χ2n) is 12.4. The molecule has 0 amide bonds. The minimum Gasteiger partial charge on any atom is -0.428 e. The summed E-state index contributed by atoms with van der Waals surface area (Å²) < 4.78 is 31.9. The standard InChI is InChI=1S/C33H39O9S/c1-31(2,3)40-28(34)37-22-13-17-25(18-14-22)43(26-19-15-23(16-20-26)38-29(35)41-32(4,5)6)27-12-10-11-24(21-27)39-30(36)42-33(7,8)9/h10-21H,1-9H3/q+1. The van der Waals surface area contributed by atoms with Gasteiger partial charge in [-0.05, 0) is 123 Å². The first-order chi connectivity index (χ1) is 19.9. The Labute approximate surface area is 255 Å². The van der Waals surface area contributed by atoms with E-state index in [0.29, 0.717) is 17.2 Å². The zero-order chi connectivity index (χ0) is 32.0. The second-order valence-corrected chi connectivity index (χ2v) is 14.4. The summed E-state index contributed by atoms with van der Waals surface area (Å²) in [5, 5.41) is 0. The van der Waals surface area contributed by atoms with Gasteiger partial charge in [-0.3, -0.25) is 0 Å². The summed E-state index contributed by atoms with van der Waals surface area (Å²) in [6.45, 7) is 15.8. The largest absolute Gasteiger partial charge is 0.514 e. The van der Waals surface area contributed by atoms with Crippen LogP contribution >= 0.6 is 0 Å². The van der Waals surface area contributed by atoms with Crippen molar-refractivity contribution in [2.24, 2.45) is 0 Å². The van der Waals surface area contributed by atoms with E-state index in [2.05, 4.69) is 0 Å². The molecule has 230 valence electrons. The van der Waals surface area contributed by atoms with E-state index in [9.17, 15) is 14.4 Å². The van der Waals surface area contributed by atoms with Crippen molar-refractivity contribution in [1.82, 2.24) is 0 Å². The Morgan fingerprint density at radius 2 is 0.814 bits per heavy atom. The molecule has 3 rings (SSSR count). The van der Waals surface area contributed by atoms with E-state index in [1.807, 2.05) is 30.3 Å². The number of carbonyl (C=O) groups is 3. The highest BCUT2D eigenvalue weighted by molar-refractivity contribution is 7.97. The fourth-order valence-corrected chi connectivity index (χ4v) is 5.54. The number of hydrogen-bond acceptors (Lipinski definition) is 9. The van der Waals surface area contributed by atoms with Crippen LogP contribution in [0.1, 0.15) is 62.3 Å². The average Bonchev–Trinajstić information content (AvgIpc) is 2.83. The fourth-order valence-electron chi connectivity index (χ4n) is 3.46. The van der Waals surface area contributed by atoms with Crippen LogP contribution in [0.3, 0.4) is 0 Å². The molecule has 0 fully saturated rings. The molecule has 0 aliphatic heterocycles. The Bertz CT molecular complexity index is 1340. The first-order valence-electron chi connectivity index (χ1n) is 13.6. The minimum absolute atomic E-state index is 0.319. The summed E-state index contributed by atoms with van der Waals surface area (Å²) in [5.74, 6) is 0.966. The van der Waals surface area contributed by atoms with Gasteiger partial charge in [0.15, 0.2) is 14.7 Å². The van der Waals surface area contributed by atoms with Crippen molar-refractivity contribution in [1.29, 1.82) is 0 Å². The van der Waals surface area contributed by atoms with Crippen molar-refractivity contribution in [3.63, 3.8) is 0 Å². The molecular formula is C33H39O9S+. The van der Waals surface area contributed by atoms with Crippen LogP contribution in [0, 0.1) is 0 Å². The predicted octanol–water partition coefficient (Wildman–Crippen LogP) is 8.72. The highest BCUT2D eigenvalue weighted by Gasteiger charge is 2.31. The number of benzene rings is 3. The van der Waals surface area contributed by atoms with Crippen molar-refractivity contribution in [3.8, 4) is 17.2 Å². The number of hydrogen-bond donors (Lipinski definition) is 0. The minimum atomic E-state index is -0.808. The molecule has 0 saturated carbocycles. The molecule has 0 bridgehead atoms. The van der Waals surface area contributed by atoms with Gasteiger partial charge in [-0.25, -0.2) is 14.4 Å². The van der Waals surface area contributed by atoms with Gasteiger partial charge in [0.2, 0.25) is 0 Å². The van der Waals surface area contributed by atoms with Crippen LogP contribution in [-0.2, 0) is 25.1 Å². The molecule has 0 aliphatic carbocycles. The molecule has 43 heavy (non-hydrogen) atoms.